The summed E-state index contributed by atoms with van der Waals surface area (Å²) >= 11 is 13.9. The van der Waals surface area contributed by atoms with Crippen LogP contribution >= 0.6 is 23.2 Å². The van der Waals surface area contributed by atoms with E-state index in [1.54, 1.807) is 0 Å². The van der Waals surface area contributed by atoms with Crippen LogP contribution in [-0.2, 0) is 0 Å². The van der Waals surface area contributed by atoms with Crippen LogP contribution in [0.25, 0.3) is 0 Å². The molecule has 32 heavy (non-hydrogen) atoms. The highest BCUT2D eigenvalue weighted by atomic mass is 35.5. The third kappa shape index (κ3) is 3.84. The van der Waals surface area contributed by atoms with Crippen molar-refractivity contribution in [1.82, 2.24) is 0 Å². The molecule has 0 bridgehead atoms. The van der Waals surface area contributed by atoms with Gasteiger partial charge in [-0.1, -0.05) is 53.9 Å². The van der Waals surface area contributed by atoms with E-state index in [-0.39, 0.29) is 15.7 Å². The van der Waals surface area contributed by atoms with Gasteiger partial charge in [0.25, 0.3) is 0 Å². The molecule has 0 aromatic heterocycles. The lowest BCUT2D eigenvalue weighted by Gasteiger charge is -2.64. The van der Waals surface area contributed by atoms with Crippen molar-refractivity contribution in [2.24, 2.45) is 46.3 Å². The molecule has 0 aromatic carbocycles. The van der Waals surface area contributed by atoms with Crippen molar-refractivity contribution < 1.29 is 4.92 Å². The Kier molecular flexibility index (Phi) is 6.97. The highest BCUT2D eigenvalue weighted by molar-refractivity contribution is 6.27. The van der Waals surface area contributed by atoms with Crippen molar-refractivity contribution in [3.05, 3.63) is 10.1 Å². The Bertz CT molecular complexity index is 716. The standard InChI is InChI=1S/C27H45Cl2NO2/c1-17(2)7-6-8-18(3)21-9-10-22-20-15-24(30(31)32)27(29)16-19(28)11-14-26(27,5)23(20)12-13-25(21,22)4/h17-24H,6-16H2,1-5H3/t18-,19?,20+,21-,22+,23+,24?,25-,26-,27?/m1/s1. The first-order valence-corrected chi connectivity index (χ1v) is 14.2. The van der Waals surface area contributed by atoms with E-state index in [1.807, 2.05) is 0 Å². The Morgan fingerprint density at radius 2 is 1.75 bits per heavy atom. The molecule has 184 valence electrons. The predicted octanol–water partition coefficient (Wildman–Crippen LogP) is 8.33. The topological polar surface area (TPSA) is 43.1 Å². The molecule has 3 nitrogen and oxygen atoms in total. The minimum Gasteiger partial charge on any atom is -0.264 e. The third-order valence-corrected chi connectivity index (χ3v) is 12.4. The number of rotatable bonds is 6. The highest BCUT2D eigenvalue weighted by Crippen LogP contribution is 2.70. The summed E-state index contributed by atoms with van der Waals surface area (Å²) in [5.74, 6) is 3.88. The molecule has 0 amide bonds. The lowest BCUT2D eigenvalue weighted by molar-refractivity contribution is -0.542. The van der Waals surface area contributed by atoms with Crippen molar-refractivity contribution in [1.29, 1.82) is 0 Å². The summed E-state index contributed by atoms with van der Waals surface area (Å²) < 4.78 is 0. The van der Waals surface area contributed by atoms with Crippen LogP contribution in [0.15, 0.2) is 0 Å². The van der Waals surface area contributed by atoms with Crippen molar-refractivity contribution in [3.8, 4) is 0 Å². The maximum absolute atomic E-state index is 12.3. The number of nitro groups is 1. The van der Waals surface area contributed by atoms with Gasteiger partial charge in [0.05, 0.1) is 0 Å². The van der Waals surface area contributed by atoms with E-state index >= 15 is 0 Å². The molecule has 10 atom stereocenters. The summed E-state index contributed by atoms with van der Waals surface area (Å²) in [4.78, 5) is 11.5. The van der Waals surface area contributed by atoms with Crippen LogP contribution in [0.3, 0.4) is 0 Å². The summed E-state index contributed by atoms with van der Waals surface area (Å²) in [6.07, 6.45) is 12.1. The average molecular weight is 487 g/mol. The normalized spacial score (nSPS) is 49.2. The van der Waals surface area contributed by atoms with Crippen LogP contribution in [0.5, 0.6) is 0 Å². The molecule has 0 aliphatic heterocycles. The molecule has 4 aliphatic carbocycles. The van der Waals surface area contributed by atoms with Gasteiger partial charge in [-0.3, -0.25) is 10.1 Å². The summed E-state index contributed by atoms with van der Waals surface area (Å²) in [5, 5.41) is 12.3. The molecular weight excluding hydrogens is 441 g/mol. The van der Waals surface area contributed by atoms with Gasteiger partial charge in [-0.2, -0.15) is 0 Å². The highest BCUT2D eigenvalue weighted by Gasteiger charge is 2.70. The van der Waals surface area contributed by atoms with Crippen molar-refractivity contribution in [3.63, 3.8) is 0 Å². The Hall–Kier alpha value is -0.0200. The predicted molar refractivity (Wildman–Crippen MR) is 134 cm³/mol. The number of halogens is 2. The maximum Gasteiger partial charge on any atom is 0.232 e. The van der Waals surface area contributed by atoms with Crippen molar-refractivity contribution >= 4 is 23.2 Å². The van der Waals surface area contributed by atoms with E-state index in [2.05, 4.69) is 34.6 Å². The number of nitrogens with zero attached hydrogens (tertiary/aromatic N) is 1. The number of alkyl halides is 2. The molecule has 0 N–H and O–H groups in total. The molecule has 4 aliphatic rings. The summed E-state index contributed by atoms with van der Waals surface area (Å²) in [6, 6.07) is -0.665. The molecule has 0 aromatic rings. The minimum atomic E-state index is -0.793. The fourth-order valence-electron chi connectivity index (χ4n) is 9.46. The SMILES string of the molecule is CC(C)CCC[C@@H](C)[C@H]1CC[C@H]2[C@@H]3CC([N+](=O)[O-])C4(Cl)CC(Cl)CC[C@]4(C)[C@H]3CC[C@]12C. The van der Waals surface area contributed by atoms with Crippen molar-refractivity contribution in [2.75, 3.05) is 0 Å². The summed E-state index contributed by atoms with van der Waals surface area (Å²) in [6.45, 7) is 12.0. The van der Waals surface area contributed by atoms with Gasteiger partial charge in [0, 0.05) is 16.7 Å². The Labute approximate surface area is 205 Å². The van der Waals surface area contributed by atoms with E-state index < -0.39 is 10.9 Å². The number of hydrogen-bond acceptors (Lipinski definition) is 2. The molecule has 3 unspecified atom stereocenters. The zero-order valence-corrected chi connectivity index (χ0v) is 22.4. The molecule has 5 heteroatoms. The van der Waals surface area contributed by atoms with E-state index in [4.69, 9.17) is 23.2 Å². The van der Waals surface area contributed by atoms with Crippen LogP contribution in [0.1, 0.15) is 105 Å². The van der Waals surface area contributed by atoms with Crippen LogP contribution < -0.4 is 0 Å². The minimum absolute atomic E-state index is 0.0315. The van der Waals surface area contributed by atoms with Gasteiger partial charge in [0.1, 0.15) is 4.87 Å². The Morgan fingerprint density at radius 3 is 2.41 bits per heavy atom. The molecule has 0 spiro atoms. The van der Waals surface area contributed by atoms with Crippen LogP contribution in [0, 0.1) is 56.5 Å². The fourth-order valence-corrected chi connectivity index (χ4v) is 10.5. The Morgan fingerprint density at radius 1 is 1.03 bits per heavy atom. The van der Waals surface area contributed by atoms with E-state index in [9.17, 15) is 10.1 Å². The van der Waals surface area contributed by atoms with E-state index in [0.717, 1.165) is 30.6 Å². The molecule has 0 heterocycles. The second-order valence-electron chi connectivity index (χ2n) is 13.1. The van der Waals surface area contributed by atoms with Gasteiger partial charge >= 0.3 is 0 Å². The first kappa shape index (κ1) is 25.1. The van der Waals surface area contributed by atoms with Crippen LogP contribution in [0.4, 0.5) is 0 Å². The molecule has 0 saturated heterocycles. The zero-order valence-electron chi connectivity index (χ0n) is 20.9. The van der Waals surface area contributed by atoms with E-state index in [0.29, 0.717) is 36.0 Å². The summed E-state index contributed by atoms with van der Waals surface area (Å²) in [7, 11) is 0. The zero-order chi connectivity index (χ0) is 23.5. The summed E-state index contributed by atoms with van der Waals surface area (Å²) in [5.41, 5.74) is 0.162. The fraction of sp³-hybridized carbons (Fsp3) is 1.00. The van der Waals surface area contributed by atoms with E-state index in [1.165, 1.54) is 44.9 Å². The molecule has 4 rings (SSSR count). The van der Waals surface area contributed by atoms with Gasteiger partial charge in [-0.25, -0.2) is 0 Å². The van der Waals surface area contributed by atoms with Gasteiger partial charge < -0.3 is 0 Å². The molecule has 4 saturated carbocycles. The molecule has 4 fully saturated rings. The van der Waals surface area contributed by atoms with Crippen LogP contribution in [0.2, 0.25) is 0 Å². The monoisotopic (exact) mass is 485 g/mol. The first-order valence-electron chi connectivity index (χ1n) is 13.4. The van der Waals surface area contributed by atoms with Gasteiger partial charge in [0.15, 0.2) is 0 Å². The lowest BCUT2D eigenvalue weighted by atomic mass is 9.43. The first-order chi connectivity index (χ1) is 14.9. The smallest absolute Gasteiger partial charge is 0.232 e. The second-order valence-corrected chi connectivity index (χ2v) is 14.4. The lowest BCUT2D eigenvalue weighted by Crippen LogP contribution is -2.67. The number of fused-ring (bicyclic) bond motifs is 5. The molecular formula is C27H45Cl2NO2. The van der Waals surface area contributed by atoms with Gasteiger partial charge in [-0.05, 0) is 91.3 Å². The quantitative estimate of drug-likeness (QED) is 0.215. The largest absolute Gasteiger partial charge is 0.264 e. The van der Waals surface area contributed by atoms with Gasteiger partial charge in [-0.15, -0.1) is 23.2 Å². The third-order valence-electron chi connectivity index (χ3n) is 11.2. The second kappa shape index (κ2) is 8.89. The average Bonchev–Trinajstić information content (AvgIpc) is 3.05. The van der Waals surface area contributed by atoms with Gasteiger partial charge in [0.2, 0.25) is 6.04 Å². The maximum atomic E-state index is 12.3. The number of hydrogen-bond donors (Lipinski definition) is 0. The molecule has 0 radical (unpaired) electrons. The Balaban J connectivity index is 1.59. The van der Waals surface area contributed by atoms with Crippen molar-refractivity contribution in [2.45, 2.75) is 122 Å². The van der Waals surface area contributed by atoms with Crippen LogP contribution in [-0.4, -0.2) is 21.2 Å².